The van der Waals surface area contributed by atoms with Gasteiger partial charge in [-0.3, -0.25) is 4.79 Å². The summed E-state index contributed by atoms with van der Waals surface area (Å²) in [7, 11) is 0. The van der Waals surface area contributed by atoms with Crippen LogP contribution >= 0.6 is 0 Å². The molecule has 3 heteroatoms. The van der Waals surface area contributed by atoms with Crippen molar-refractivity contribution in [2.75, 3.05) is 6.61 Å². The van der Waals surface area contributed by atoms with E-state index in [9.17, 15) is 4.79 Å². The first-order chi connectivity index (χ1) is 6.74. The number of carbonyl (C=O) groups is 1. The fourth-order valence-corrected chi connectivity index (χ4v) is 1.16. The molecule has 1 rings (SSSR count). The van der Waals surface area contributed by atoms with Crippen LogP contribution in [0.4, 0.5) is 0 Å². The van der Waals surface area contributed by atoms with Gasteiger partial charge in [0.05, 0.1) is 0 Å². The Bertz CT molecular complexity index is 285. The summed E-state index contributed by atoms with van der Waals surface area (Å²) >= 11 is 0. The topological polar surface area (TPSA) is 49.3 Å². The van der Waals surface area contributed by atoms with Gasteiger partial charge < -0.3 is 10.4 Å². The van der Waals surface area contributed by atoms with Crippen LogP contribution < -0.4 is 5.32 Å². The summed E-state index contributed by atoms with van der Waals surface area (Å²) in [6, 6.07) is 9.06. The number of rotatable bonds is 4. The third kappa shape index (κ3) is 3.18. The number of hydrogen-bond donors (Lipinski definition) is 2. The van der Waals surface area contributed by atoms with Crippen LogP contribution in [0, 0.1) is 0 Å². The summed E-state index contributed by atoms with van der Waals surface area (Å²) in [6.45, 7) is 1.97. The maximum absolute atomic E-state index is 11.5. The maximum Gasteiger partial charge on any atom is 0.251 e. The lowest BCUT2D eigenvalue weighted by Gasteiger charge is -2.11. The smallest absolute Gasteiger partial charge is 0.251 e. The Morgan fingerprint density at radius 1 is 1.43 bits per heavy atom. The molecule has 1 aromatic rings. The molecule has 0 heterocycles. The summed E-state index contributed by atoms with van der Waals surface area (Å²) in [5, 5.41) is 11.5. The van der Waals surface area contributed by atoms with Gasteiger partial charge in [-0.05, 0) is 25.5 Å². The predicted molar refractivity (Wildman–Crippen MR) is 55.1 cm³/mol. The molecule has 0 aliphatic heterocycles. The van der Waals surface area contributed by atoms with Gasteiger partial charge in [0.2, 0.25) is 0 Å². The molecule has 0 spiro atoms. The molecule has 1 amide bonds. The van der Waals surface area contributed by atoms with Gasteiger partial charge in [-0.25, -0.2) is 0 Å². The normalized spacial score (nSPS) is 12.1. The molecule has 14 heavy (non-hydrogen) atoms. The molecule has 0 radical (unpaired) electrons. The first kappa shape index (κ1) is 10.7. The summed E-state index contributed by atoms with van der Waals surface area (Å²) in [5.74, 6) is -0.0912. The molecule has 76 valence electrons. The standard InChI is InChI=1S/C11H15NO2/c1-9(7-8-13)12-11(14)10-5-3-2-4-6-10/h2-6,9,13H,7-8H2,1H3,(H,12,14). The molecule has 0 fully saturated rings. The molecule has 3 nitrogen and oxygen atoms in total. The van der Waals surface area contributed by atoms with Gasteiger partial charge in [0.1, 0.15) is 0 Å². The van der Waals surface area contributed by atoms with E-state index in [1.165, 1.54) is 0 Å². The Labute approximate surface area is 83.8 Å². The van der Waals surface area contributed by atoms with Crippen molar-refractivity contribution in [3.05, 3.63) is 35.9 Å². The lowest BCUT2D eigenvalue weighted by Crippen LogP contribution is -2.33. The highest BCUT2D eigenvalue weighted by atomic mass is 16.3. The van der Waals surface area contributed by atoms with Gasteiger partial charge in [0, 0.05) is 18.2 Å². The van der Waals surface area contributed by atoms with Crippen LogP contribution in [0.5, 0.6) is 0 Å². The van der Waals surface area contributed by atoms with Crippen molar-refractivity contribution in [2.24, 2.45) is 0 Å². The number of nitrogens with one attached hydrogen (secondary N) is 1. The van der Waals surface area contributed by atoms with E-state index in [-0.39, 0.29) is 18.6 Å². The van der Waals surface area contributed by atoms with Crippen molar-refractivity contribution >= 4 is 5.91 Å². The zero-order chi connectivity index (χ0) is 10.4. The quantitative estimate of drug-likeness (QED) is 0.754. The van der Waals surface area contributed by atoms with E-state index in [1.54, 1.807) is 12.1 Å². The van der Waals surface area contributed by atoms with E-state index >= 15 is 0 Å². The second kappa shape index (κ2) is 5.40. The van der Waals surface area contributed by atoms with Gasteiger partial charge in [-0.2, -0.15) is 0 Å². The number of aliphatic hydroxyl groups is 1. The van der Waals surface area contributed by atoms with Crippen molar-refractivity contribution < 1.29 is 9.90 Å². The Morgan fingerprint density at radius 2 is 2.07 bits per heavy atom. The minimum atomic E-state index is -0.0912. The van der Waals surface area contributed by atoms with E-state index in [0.717, 1.165) is 0 Å². The molecule has 0 aromatic heterocycles. The molecule has 1 atom stereocenters. The largest absolute Gasteiger partial charge is 0.396 e. The van der Waals surface area contributed by atoms with E-state index in [4.69, 9.17) is 5.11 Å². The average molecular weight is 193 g/mol. The third-order valence-corrected chi connectivity index (χ3v) is 1.98. The Morgan fingerprint density at radius 3 is 2.64 bits per heavy atom. The number of amides is 1. The van der Waals surface area contributed by atoms with E-state index in [2.05, 4.69) is 5.32 Å². The summed E-state index contributed by atoms with van der Waals surface area (Å²) < 4.78 is 0. The van der Waals surface area contributed by atoms with Crippen LogP contribution in [-0.4, -0.2) is 23.7 Å². The predicted octanol–water partition coefficient (Wildman–Crippen LogP) is 1.19. The van der Waals surface area contributed by atoms with E-state index < -0.39 is 0 Å². The van der Waals surface area contributed by atoms with Gasteiger partial charge >= 0.3 is 0 Å². The van der Waals surface area contributed by atoms with Gasteiger partial charge in [0.15, 0.2) is 0 Å². The fourth-order valence-electron chi connectivity index (χ4n) is 1.16. The SMILES string of the molecule is CC(CCO)NC(=O)c1ccccc1. The van der Waals surface area contributed by atoms with Crippen LogP contribution in [0.1, 0.15) is 23.7 Å². The fraction of sp³-hybridized carbons (Fsp3) is 0.364. The van der Waals surface area contributed by atoms with E-state index in [0.29, 0.717) is 12.0 Å². The molecular weight excluding hydrogens is 178 g/mol. The molecule has 0 saturated carbocycles. The summed E-state index contributed by atoms with van der Waals surface area (Å²) in [4.78, 5) is 11.5. The Balaban J connectivity index is 2.51. The van der Waals surface area contributed by atoms with Crippen LogP contribution in [0.2, 0.25) is 0 Å². The number of aliphatic hydroxyl groups excluding tert-OH is 1. The van der Waals surface area contributed by atoms with Crippen molar-refractivity contribution in [3.8, 4) is 0 Å². The van der Waals surface area contributed by atoms with Crippen LogP contribution in [0.25, 0.3) is 0 Å². The molecule has 0 aliphatic rings. The molecule has 0 bridgehead atoms. The highest BCUT2D eigenvalue weighted by Gasteiger charge is 2.07. The van der Waals surface area contributed by atoms with Crippen LogP contribution in [0.15, 0.2) is 30.3 Å². The second-order valence-electron chi connectivity index (χ2n) is 3.25. The van der Waals surface area contributed by atoms with Crippen LogP contribution in [-0.2, 0) is 0 Å². The first-order valence-electron chi connectivity index (χ1n) is 4.71. The first-order valence-corrected chi connectivity index (χ1v) is 4.71. The highest BCUT2D eigenvalue weighted by molar-refractivity contribution is 5.94. The third-order valence-electron chi connectivity index (χ3n) is 1.98. The highest BCUT2D eigenvalue weighted by Crippen LogP contribution is 1.99. The molecule has 1 unspecified atom stereocenters. The Hall–Kier alpha value is -1.35. The maximum atomic E-state index is 11.5. The lowest BCUT2D eigenvalue weighted by atomic mass is 10.2. The van der Waals surface area contributed by atoms with Gasteiger partial charge in [0.25, 0.3) is 5.91 Å². The van der Waals surface area contributed by atoms with Gasteiger partial charge in [-0.15, -0.1) is 0 Å². The van der Waals surface area contributed by atoms with Crippen molar-refractivity contribution in [3.63, 3.8) is 0 Å². The molecular formula is C11H15NO2. The summed E-state index contributed by atoms with van der Waals surface area (Å²) in [6.07, 6.45) is 0.582. The number of hydrogen-bond acceptors (Lipinski definition) is 2. The molecule has 0 saturated heterocycles. The van der Waals surface area contributed by atoms with Crippen molar-refractivity contribution in [2.45, 2.75) is 19.4 Å². The van der Waals surface area contributed by atoms with Crippen LogP contribution in [0.3, 0.4) is 0 Å². The summed E-state index contributed by atoms with van der Waals surface area (Å²) in [5.41, 5.74) is 0.650. The average Bonchev–Trinajstić information content (AvgIpc) is 2.19. The molecule has 1 aromatic carbocycles. The number of benzene rings is 1. The second-order valence-corrected chi connectivity index (χ2v) is 3.25. The minimum absolute atomic E-state index is 0.00714. The number of carbonyl (C=O) groups excluding carboxylic acids is 1. The molecule has 0 aliphatic carbocycles. The van der Waals surface area contributed by atoms with E-state index in [1.807, 2.05) is 25.1 Å². The molecule has 2 N–H and O–H groups in total. The zero-order valence-corrected chi connectivity index (χ0v) is 8.23. The monoisotopic (exact) mass is 193 g/mol. The van der Waals surface area contributed by atoms with Crippen molar-refractivity contribution in [1.29, 1.82) is 0 Å². The Kier molecular flexibility index (Phi) is 4.13. The van der Waals surface area contributed by atoms with Crippen molar-refractivity contribution in [1.82, 2.24) is 5.32 Å². The lowest BCUT2D eigenvalue weighted by molar-refractivity contribution is 0.0934. The zero-order valence-electron chi connectivity index (χ0n) is 8.23. The minimum Gasteiger partial charge on any atom is -0.396 e. The van der Waals surface area contributed by atoms with Gasteiger partial charge in [-0.1, -0.05) is 18.2 Å².